The average molecular weight is 466 g/mol. The summed E-state index contributed by atoms with van der Waals surface area (Å²) in [6.45, 7) is 6.49. The SMILES string of the molecule is CCCN1C(=O)NC(c2ccc(NC(=O)c3ccccc3C)cc2)C(C(=O)OCCOC)=C1C. The number of benzene rings is 2. The van der Waals surface area contributed by atoms with Gasteiger partial charge in [-0.15, -0.1) is 0 Å². The maximum Gasteiger partial charge on any atom is 0.338 e. The Kier molecular flexibility index (Phi) is 8.43. The second kappa shape index (κ2) is 11.5. The summed E-state index contributed by atoms with van der Waals surface area (Å²) in [6, 6.07) is 13.5. The lowest BCUT2D eigenvalue weighted by Gasteiger charge is -2.35. The number of carbonyl (C=O) groups excluding carboxylic acids is 3. The molecular weight excluding hydrogens is 434 g/mol. The average Bonchev–Trinajstić information content (AvgIpc) is 2.82. The van der Waals surface area contributed by atoms with E-state index in [4.69, 9.17) is 9.47 Å². The third-order valence-corrected chi connectivity index (χ3v) is 5.68. The van der Waals surface area contributed by atoms with Crippen molar-refractivity contribution in [3.63, 3.8) is 0 Å². The molecule has 3 amide bonds. The van der Waals surface area contributed by atoms with Crippen molar-refractivity contribution >= 4 is 23.6 Å². The number of nitrogens with one attached hydrogen (secondary N) is 2. The third-order valence-electron chi connectivity index (χ3n) is 5.68. The largest absolute Gasteiger partial charge is 0.460 e. The van der Waals surface area contributed by atoms with Crippen molar-refractivity contribution in [2.75, 3.05) is 32.2 Å². The molecule has 0 fully saturated rings. The predicted octanol–water partition coefficient (Wildman–Crippen LogP) is 4.19. The van der Waals surface area contributed by atoms with Gasteiger partial charge in [0.15, 0.2) is 0 Å². The Morgan fingerprint density at radius 3 is 2.41 bits per heavy atom. The van der Waals surface area contributed by atoms with Crippen molar-refractivity contribution in [2.24, 2.45) is 0 Å². The van der Waals surface area contributed by atoms with Crippen LogP contribution in [0.3, 0.4) is 0 Å². The van der Waals surface area contributed by atoms with E-state index in [-0.39, 0.29) is 25.2 Å². The van der Waals surface area contributed by atoms with Crippen LogP contribution in [0.1, 0.15) is 47.8 Å². The number of nitrogens with zero attached hydrogens (tertiary/aromatic N) is 1. The molecule has 8 nitrogen and oxygen atoms in total. The van der Waals surface area contributed by atoms with Crippen LogP contribution in [0.25, 0.3) is 0 Å². The molecule has 3 rings (SSSR count). The number of urea groups is 1. The highest BCUT2D eigenvalue weighted by molar-refractivity contribution is 6.05. The highest BCUT2D eigenvalue weighted by atomic mass is 16.6. The molecule has 2 N–H and O–H groups in total. The quantitative estimate of drug-likeness (QED) is 0.428. The van der Waals surface area contributed by atoms with Crippen LogP contribution in [0.2, 0.25) is 0 Å². The standard InChI is InChI=1S/C26H31N3O5/c1-5-14-29-18(3)22(25(31)34-16-15-33-4)23(28-26(29)32)19-10-12-20(13-11-19)27-24(30)21-9-7-6-8-17(21)2/h6-13,23H,5,14-16H2,1-4H3,(H,27,30)(H,28,32). The monoisotopic (exact) mass is 465 g/mol. The molecular formula is C26H31N3O5. The van der Waals surface area contributed by atoms with Crippen molar-refractivity contribution in [1.29, 1.82) is 0 Å². The molecule has 0 bridgehead atoms. The molecule has 0 saturated carbocycles. The first-order valence-electron chi connectivity index (χ1n) is 11.3. The lowest BCUT2D eigenvalue weighted by molar-refractivity contribution is -0.140. The smallest absolute Gasteiger partial charge is 0.338 e. The molecule has 0 radical (unpaired) electrons. The number of esters is 1. The van der Waals surface area contributed by atoms with Crippen LogP contribution in [0, 0.1) is 6.92 Å². The second-order valence-corrected chi connectivity index (χ2v) is 8.05. The maximum absolute atomic E-state index is 13.0. The van der Waals surface area contributed by atoms with Crippen LogP contribution in [-0.2, 0) is 14.3 Å². The Bertz CT molecular complexity index is 1080. The Morgan fingerprint density at radius 1 is 1.06 bits per heavy atom. The van der Waals surface area contributed by atoms with E-state index in [2.05, 4.69) is 10.6 Å². The molecule has 34 heavy (non-hydrogen) atoms. The number of allylic oxidation sites excluding steroid dienone is 1. The van der Waals surface area contributed by atoms with E-state index >= 15 is 0 Å². The number of methoxy groups -OCH3 is 1. The number of ether oxygens (including phenoxy) is 2. The topological polar surface area (TPSA) is 97.0 Å². The predicted molar refractivity (Wildman–Crippen MR) is 129 cm³/mol. The molecule has 8 heteroatoms. The number of rotatable bonds is 9. The lowest BCUT2D eigenvalue weighted by Crippen LogP contribution is -2.48. The van der Waals surface area contributed by atoms with Gasteiger partial charge in [0.2, 0.25) is 0 Å². The van der Waals surface area contributed by atoms with Gasteiger partial charge in [-0.05, 0) is 49.6 Å². The number of hydrogen-bond acceptors (Lipinski definition) is 5. The first-order chi connectivity index (χ1) is 16.4. The number of carbonyl (C=O) groups is 3. The van der Waals surface area contributed by atoms with Gasteiger partial charge in [0.1, 0.15) is 6.61 Å². The summed E-state index contributed by atoms with van der Waals surface area (Å²) in [6.07, 6.45) is 0.747. The Hall–Kier alpha value is -3.65. The molecule has 0 aliphatic carbocycles. The van der Waals surface area contributed by atoms with Crippen LogP contribution in [0.15, 0.2) is 59.8 Å². The molecule has 1 aliphatic rings. The Balaban J connectivity index is 1.85. The minimum Gasteiger partial charge on any atom is -0.460 e. The van der Waals surface area contributed by atoms with Crippen LogP contribution in [-0.4, -0.2) is 49.7 Å². The molecule has 1 heterocycles. The Labute approximate surface area is 199 Å². The number of aryl methyl sites for hydroxylation is 1. The van der Waals surface area contributed by atoms with E-state index in [0.29, 0.717) is 34.6 Å². The zero-order chi connectivity index (χ0) is 24.7. The summed E-state index contributed by atoms with van der Waals surface area (Å²) in [5.41, 5.74) is 3.74. The molecule has 0 saturated heterocycles. The zero-order valence-corrected chi connectivity index (χ0v) is 20.0. The fourth-order valence-corrected chi connectivity index (χ4v) is 3.87. The molecule has 1 atom stereocenters. The van der Waals surface area contributed by atoms with Gasteiger partial charge in [-0.2, -0.15) is 0 Å². The molecule has 2 aromatic carbocycles. The van der Waals surface area contributed by atoms with Crippen molar-refractivity contribution < 1.29 is 23.9 Å². The van der Waals surface area contributed by atoms with Crippen LogP contribution >= 0.6 is 0 Å². The molecule has 1 unspecified atom stereocenters. The summed E-state index contributed by atoms with van der Waals surface area (Å²) in [5, 5.41) is 5.81. The highest BCUT2D eigenvalue weighted by Gasteiger charge is 2.36. The van der Waals surface area contributed by atoms with Crippen molar-refractivity contribution in [2.45, 2.75) is 33.2 Å². The lowest BCUT2D eigenvalue weighted by atomic mass is 9.94. The molecule has 0 spiro atoms. The van der Waals surface area contributed by atoms with Gasteiger partial charge < -0.3 is 20.1 Å². The van der Waals surface area contributed by atoms with Gasteiger partial charge in [-0.1, -0.05) is 37.3 Å². The van der Waals surface area contributed by atoms with Crippen molar-refractivity contribution in [1.82, 2.24) is 10.2 Å². The van der Waals surface area contributed by atoms with E-state index in [1.165, 1.54) is 7.11 Å². The van der Waals surface area contributed by atoms with E-state index in [9.17, 15) is 14.4 Å². The van der Waals surface area contributed by atoms with Crippen LogP contribution in [0.4, 0.5) is 10.5 Å². The van der Waals surface area contributed by atoms with E-state index in [1.54, 1.807) is 42.2 Å². The minimum absolute atomic E-state index is 0.116. The third kappa shape index (κ3) is 5.63. The summed E-state index contributed by atoms with van der Waals surface area (Å²) >= 11 is 0. The van der Waals surface area contributed by atoms with E-state index in [1.807, 2.05) is 32.0 Å². The first-order valence-corrected chi connectivity index (χ1v) is 11.3. The van der Waals surface area contributed by atoms with E-state index < -0.39 is 12.0 Å². The van der Waals surface area contributed by atoms with Gasteiger partial charge >= 0.3 is 12.0 Å². The summed E-state index contributed by atoms with van der Waals surface area (Å²) in [5.74, 6) is -0.706. The maximum atomic E-state index is 13.0. The second-order valence-electron chi connectivity index (χ2n) is 8.05. The molecule has 2 aromatic rings. The number of hydrogen-bond donors (Lipinski definition) is 2. The summed E-state index contributed by atoms with van der Waals surface area (Å²) < 4.78 is 10.4. The highest BCUT2D eigenvalue weighted by Crippen LogP contribution is 2.32. The Morgan fingerprint density at radius 2 is 1.76 bits per heavy atom. The summed E-state index contributed by atoms with van der Waals surface area (Å²) in [7, 11) is 1.53. The normalized spacial score (nSPS) is 15.7. The zero-order valence-electron chi connectivity index (χ0n) is 20.0. The fourth-order valence-electron chi connectivity index (χ4n) is 3.87. The van der Waals surface area contributed by atoms with Crippen molar-refractivity contribution in [3.05, 3.63) is 76.5 Å². The van der Waals surface area contributed by atoms with E-state index in [0.717, 1.165) is 12.0 Å². The van der Waals surface area contributed by atoms with Crippen LogP contribution in [0.5, 0.6) is 0 Å². The molecule has 180 valence electrons. The van der Waals surface area contributed by atoms with Gasteiger partial charge in [-0.3, -0.25) is 9.69 Å². The number of anilines is 1. The minimum atomic E-state index is -0.670. The number of amides is 3. The molecule has 0 aromatic heterocycles. The fraction of sp³-hybridized carbons (Fsp3) is 0.346. The first kappa shape index (κ1) is 25.0. The van der Waals surface area contributed by atoms with Gasteiger partial charge in [0.05, 0.1) is 18.2 Å². The van der Waals surface area contributed by atoms with Gasteiger partial charge in [0.25, 0.3) is 5.91 Å². The van der Waals surface area contributed by atoms with Crippen molar-refractivity contribution in [3.8, 4) is 0 Å². The summed E-state index contributed by atoms with van der Waals surface area (Å²) in [4.78, 5) is 39.9. The van der Waals surface area contributed by atoms with Gasteiger partial charge in [0, 0.05) is 30.6 Å². The van der Waals surface area contributed by atoms with Crippen LogP contribution < -0.4 is 10.6 Å². The van der Waals surface area contributed by atoms with Gasteiger partial charge in [-0.25, -0.2) is 9.59 Å². The molecule has 1 aliphatic heterocycles.